The van der Waals surface area contributed by atoms with Gasteiger partial charge in [-0.15, -0.1) is 0 Å². The molecule has 4 heteroatoms. The number of nitrogen functional groups attached to an aromatic ring is 1. The molecule has 1 amide bonds. The van der Waals surface area contributed by atoms with Gasteiger partial charge in [-0.1, -0.05) is 6.07 Å². The number of carbonyl (C=O) groups excluding carboxylic acids is 1. The normalized spacial score (nSPS) is 18.1. The van der Waals surface area contributed by atoms with Crippen molar-refractivity contribution in [2.45, 2.75) is 31.7 Å². The lowest BCUT2D eigenvalue weighted by Crippen LogP contribution is -2.41. The largest absolute Gasteiger partial charge is 0.399 e. The van der Waals surface area contributed by atoms with Crippen molar-refractivity contribution in [3.8, 4) is 0 Å². The van der Waals surface area contributed by atoms with Crippen LogP contribution in [0.5, 0.6) is 0 Å². The Kier molecular flexibility index (Phi) is 3.09. The summed E-state index contributed by atoms with van der Waals surface area (Å²) >= 11 is 0. The van der Waals surface area contributed by atoms with E-state index in [2.05, 4.69) is 11.0 Å². The van der Waals surface area contributed by atoms with Gasteiger partial charge in [0.15, 0.2) is 0 Å². The van der Waals surface area contributed by atoms with E-state index in [4.69, 9.17) is 5.73 Å². The van der Waals surface area contributed by atoms with Crippen molar-refractivity contribution in [1.82, 2.24) is 4.90 Å². The summed E-state index contributed by atoms with van der Waals surface area (Å²) in [6.45, 7) is 1.42. The summed E-state index contributed by atoms with van der Waals surface area (Å²) in [7, 11) is 1.92. The number of amides is 1. The second kappa shape index (κ2) is 4.76. The van der Waals surface area contributed by atoms with E-state index < -0.39 is 0 Å². The summed E-state index contributed by atoms with van der Waals surface area (Å²) < 4.78 is 0. The van der Waals surface area contributed by atoms with Gasteiger partial charge in [0.25, 0.3) is 0 Å². The minimum absolute atomic E-state index is 0.220. The molecule has 1 aliphatic carbocycles. The Morgan fingerprint density at radius 3 is 3.00 bits per heavy atom. The summed E-state index contributed by atoms with van der Waals surface area (Å²) in [6, 6.07) is 6.52. The minimum atomic E-state index is 0.220. The third-order valence-electron chi connectivity index (χ3n) is 4.14. The second-order valence-electron chi connectivity index (χ2n) is 5.65. The van der Waals surface area contributed by atoms with Gasteiger partial charge in [0.05, 0.1) is 6.54 Å². The van der Waals surface area contributed by atoms with E-state index in [0.717, 1.165) is 43.6 Å². The highest BCUT2D eigenvalue weighted by molar-refractivity contribution is 5.82. The van der Waals surface area contributed by atoms with E-state index in [1.165, 1.54) is 5.56 Å². The van der Waals surface area contributed by atoms with Crippen LogP contribution in [0.25, 0.3) is 0 Å². The number of nitrogens with two attached hydrogens (primary N) is 1. The fourth-order valence-electron chi connectivity index (χ4n) is 2.77. The molecule has 0 aromatic heterocycles. The Morgan fingerprint density at radius 1 is 1.47 bits per heavy atom. The lowest BCUT2D eigenvalue weighted by Gasteiger charge is -2.32. The standard InChI is InChI=1S/C15H21N3O/c1-17(13-6-7-13)15(19)10-18-8-2-3-11-4-5-12(16)9-14(11)18/h4-5,9,13H,2-3,6-8,10,16H2,1H3. The van der Waals surface area contributed by atoms with Crippen LogP contribution in [0.1, 0.15) is 24.8 Å². The topological polar surface area (TPSA) is 49.6 Å². The summed E-state index contributed by atoms with van der Waals surface area (Å²) in [5.41, 5.74) is 9.09. The van der Waals surface area contributed by atoms with E-state index in [1.807, 2.05) is 24.1 Å². The van der Waals surface area contributed by atoms with Crippen molar-refractivity contribution >= 4 is 17.3 Å². The monoisotopic (exact) mass is 259 g/mol. The molecule has 0 radical (unpaired) electrons. The van der Waals surface area contributed by atoms with Crippen molar-refractivity contribution in [3.05, 3.63) is 23.8 Å². The molecule has 1 aromatic carbocycles. The van der Waals surface area contributed by atoms with Crippen molar-refractivity contribution in [2.75, 3.05) is 30.8 Å². The average Bonchev–Trinajstić information content (AvgIpc) is 3.23. The minimum Gasteiger partial charge on any atom is -0.399 e. The third-order valence-corrected chi connectivity index (χ3v) is 4.14. The first-order chi connectivity index (χ1) is 9.15. The fourth-order valence-corrected chi connectivity index (χ4v) is 2.77. The number of hydrogen-bond donors (Lipinski definition) is 1. The van der Waals surface area contributed by atoms with E-state index in [-0.39, 0.29) is 5.91 Å². The number of hydrogen-bond acceptors (Lipinski definition) is 3. The van der Waals surface area contributed by atoms with Gasteiger partial charge in [0.2, 0.25) is 5.91 Å². The maximum atomic E-state index is 12.2. The third kappa shape index (κ3) is 2.53. The molecule has 0 unspecified atom stereocenters. The number of likely N-dealkylation sites (N-methyl/N-ethyl adjacent to an activating group) is 1. The smallest absolute Gasteiger partial charge is 0.242 e. The first kappa shape index (κ1) is 12.3. The molecule has 1 saturated carbocycles. The highest BCUT2D eigenvalue weighted by atomic mass is 16.2. The fraction of sp³-hybridized carbons (Fsp3) is 0.533. The number of benzene rings is 1. The van der Waals surface area contributed by atoms with Crippen LogP contribution >= 0.6 is 0 Å². The summed E-state index contributed by atoms with van der Waals surface area (Å²) in [5, 5.41) is 0. The number of anilines is 2. The summed E-state index contributed by atoms with van der Waals surface area (Å²) in [4.78, 5) is 16.3. The molecule has 0 spiro atoms. The summed E-state index contributed by atoms with van der Waals surface area (Å²) in [5.74, 6) is 0.220. The molecule has 2 aliphatic rings. The maximum absolute atomic E-state index is 12.2. The van der Waals surface area contributed by atoms with Gasteiger partial charge in [-0.05, 0) is 43.4 Å². The van der Waals surface area contributed by atoms with Crippen molar-refractivity contribution in [2.24, 2.45) is 0 Å². The van der Waals surface area contributed by atoms with Gasteiger partial charge in [-0.2, -0.15) is 0 Å². The zero-order valence-corrected chi connectivity index (χ0v) is 11.4. The average molecular weight is 259 g/mol. The molecule has 102 valence electrons. The van der Waals surface area contributed by atoms with Crippen LogP contribution in [0.4, 0.5) is 11.4 Å². The molecule has 3 rings (SSSR count). The van der Waals surface area contributed by atoms with E-state index in [0.29, 0.717) is 12.6 Å². The number of carbonyl (C=O) groups is 1. The predicted molar refractivity (Wildman–Crippen MR) is 77.2 cm³/mol. The zero-order valence-electron chi connectivity index (χ0n) is 11.4. The predicted octanol–water partition coefficient (Wildman–Crippen LogP) is 1.64. The summed E-state index contributed by atoms with van der Waals surface area (Å²) in [6.07, 6.45) is 4.51. The quantitative estimate of drug-likeness (QED) is 0.840. The molecular formula is C15H21N3O. The Hall–Kier alpha value is -1.71. The van der Waals surface area contributed by atoms with E-state index >= 15 is 0 Å². The molecule has 1 aromatic rings. The van der Waals surface area contributed by atoms with Crippen LogP contribution < -0.4 is 10.6 Å². The number of fused-ring (bicyclic) bond motifs is 1. The highest BCUT2D eigenvalue weighted by Gasteiger charge is 2.30. The number of rotatable bonds is 3. The van der Waals surface area contributed by atoms with Crippen LogP contribution in [0, 0.1) is 0 Å². The van der Waals surface area contributed by atoms with E-state index in [1.54, 1.807) is 0 Å². The Bertz CT molecular complexity index is 496. The molecule has 0 atom stereocenters. The maximum Gasteiger partial charge on any atom is 0.242 e. The van der Waals surface area contributed by atoms with Gasteiger partial charge in [0.1, 0.15) is 0 Å². The van der Waals surface area contributed by atoms with Crippen molar-refractivity contribution < 1.29 is 4.79 Å². The zero-order chi connectivity index (χ0) is 13.4. The second-order valence-corrected chi connectivity index (χ2v) is 5.65. The molecule has 1 aliphatic heterocycles. The van der Waals surface area contributed by atoms with Crippen molar-refractivity contribution in [3.63, 3.8) is 0 Å². The van der Waals surface area contributed by atoms with Gasteiger partial charge in [-0.3, -0.25) is 4.79 Å². The molecule has 0 bridgehead atoms. The van der Waals surface area contributed by atoms with Crippen molar-refractivity contribution in [1.29, 1.82) is 0 Å². The Balaban J connectivity index is 1.75. The van der Waals surface area contributed by atoms with Crippen LogP contribution in [0.2, 0.25) is 0 Å². The number of nitrogens with zero attached hydrogens (tertiary/aromatic N) is 2. The Labute approximate surface area is 114 Å². The molecule has 1 heterocycles. The van der Waals surface area contributed by atoms with E-state index in [9.17, 15) is 4.79 Å². The van der Waals surface area contributed by atoms with Gasteiger partial charge < -0.3 is 15.5 Å². The lowest BCUT2D eigenvalue weighted by atomic mass is 10.0. The lowest BCUT2D eigenvalue weighted by molar-refractivity contribution is -0.128. The van der Waals surface area contributed by atoms with Gasteiger partial charge in [0, 0.05) is 31.0 Å². The molecule has 0 saturated heterocycles. The highest BCUT2D eigenvalue weighted by Crippen LogP contribution is 2.30. The van der Waals surface area contributed by atoms with Crippen LogP contribution in [-0.2, 0) is 11.2 Å². The molecule has 19 heavy (non-hydrogen) atoms. The first-order valence-electron chi connectivity index (χ1n) is 7.04. The molecular weight excluding hydrogens is 238 g/mol. The van der Waals surface area contributed by atoms with Crippen LogP contribution in [-0.4, -0.2) is 37.0 Å². The molecule has 2 N–H and O–H groups in total. The number of aryl methyl sites for hydroxylation is 1. The first-order valence-corrected chi connectivity index (χ1v) is 7.04. The molecule has 4 nitrogen and oxygen atoms in total. The Morgan fingerprint density at radius 2 is 2.26 bits per heavy atom. The molecule has 1 fully saturated rings. The van der Waals surface area contributed by atoms with Crippen LogP contribution in [0.15, 0.2) is 18.2 Å². The van der Waals surface area contributed by atoms with Gasteiger partial charge >= 0.3 is 0 Å². The van der Waals surface area contributed by atoms with Gasteiger partial charge in [-0.25, -0.2) is 0 Å². The van der Waals surface area contributed by atoms with Crippen LogP contribution in [0.3, 0.4) is 0 Å². The SMILES string of the molecule is CN(C(=O)CN1CCCc2ccc(N)cc21)C1CC1.